The van der Waals surface area contributed by atoms with Crippen molar-refractivity contribution in [1.29, 1.82) is 0 Å². The molecule has 0 saturated carbocycles. The monoisotopic (exact) mass is 381 g/mol. The Morgan fingerprint density at radius 2 is 2.04 bits per heavy atom. The van der Waals surface area contributed by atoms with Gasteiger partial charge in [0.05, 0.1) is 0 Å². The molecule has 24 heavy (non-hydrogen) atoms. The maximum absolute atomic E-state index is 12.0. The SMILES string of the molecule is Cc1ccc(OCc2nc(C(=O)OCc3nnsc3Cl)cs2)cc1. The first-order valence-corrected chi connectivity index (χ1v) is 8.92. The highest BCUT2D eigenvalue weighted by Crippen LogP contribution is 2.19. The van der Waals surface area contributed by atoms with Crippen LogP contribution in [-0.2, 0) is 18.0 Å². The van der Waals surface area contributed by atoms with Crippen LogP contribution >= 0.6 is 34.5 Å². The molecule has 2 heterocycles. The van der Waals surface area contributed by atoms with Gasteiger partial charge in [-0.25, -0.2) is 9.78 Å². The molecule has 0 aliphatic carbocycles. The lowest BCUT2D eigenvalue weighted by Crippen LogP contribution is -2.06. The number of ether oxygens (including phenoxy) is 2. The van der Waals surface area contributed by atoms with Gasteiger partial charge >= 0.3 is 5.97 Å². The maximum Gasteiger partial charge on any atom is 0.358 e. The quantitative estimate of drug-likeness (QED) is 0.603. The lowest BCUT2D eigenvalue weighted by Gasteiger charge is -2.03. The van der Waals surface area contributed by atoms with E-state index >= 15 is 0 Å². The molecule has 0 aliphatic heterocycles. The zero-order valence-corrected chi connectivity index (χ0v) is 15.0. The molecule has 1 aromatic carbocycles. The highest BCUT2D eigenvalue weighted by Gasteiger charge is 2.15. The van der Waals surface area contributed by atoms with E-state index in [0.717, 1.165) is 22.8 Å². The van der Waals surface area contributed by atoms with Gasteiger partial charge in [-0.3, -0.25) is 0 Å². The zero-order valence-electron chi connectivity index (χ0n) is 12.6. The maximum atomic E-state index is 12.0. The summed E-state index contributed by atoms with van der Waals surface area (Å²) in [5.74, 6) is 0.225. The summed E-state index contributed by atoms with van der Waals surface area (Å²) in [6.45, 7) is 2.28. The third-order valence-electron chi connectivity index (χ3n) is 2.99. The number of thiazole rings is 1. The van der Waals surface area contributed by atoms with Crippen molar-refractivity contribution in [3.05, 3.63) is 55.9 Å². The van der Waals surface area contributed by atoms with Crippen molar-refractivity contribution in [1.82, 2.24) is 14.6 Å². The van der Waals surface area contributed by atoms with Crippen molar-refractivity contribution in [2.75, 3.05) is 0 Å². The number of carbonyl (C=O) groups excluding carboxylic acids is 1. The second kappa shape index (κ2) is 7.69. The van der Waals surface area contributed by atoms with Gasteiger partial charge in [0.15, 0.2) is 5.69 Å². The molecule has 0 amide bonds. The summed E-state index contributed by atoms with van der Waals surface area (Å²) >= 11 is 8.24. The largest absolute Gasteiger partial charge is 0.486 e. The Hall–Kier alpha value is -2.03. The van der Waals surface area contributed by atoms with Gasteiger partial charge in [-0.2, -0.15) is 0 Å². The molecule has 6 nitrogen and oxygen atoms in total. The first-order chi connectivity index (χ1) is 11.6. The van der Waals surface area contributed by atoms with Gasteiger partial charge in [-0.15, -0.1) is 16.4 Å². The van der Waals surface area contributed by atoms with E-state index in [1.807, 2.05) is 31.2 Å². The second-order valence-corrected chi connectivity index (χ2v) is 7.10. The first-order valence-electron chi connectivity index (χ1n) is 6.89. The number of halogens is 1. The minimum absolute atomic E-state index is 0.0269. The van der Waals surface area contributed by atoms with Crippen molar-refractivity contribution >= 4 is 40.4 Å². The lowest BCUT2D eigenvalue weighted by molar-refractivity contribution is 0.0461. The van der Waals surface area contributed by atoms with Gasteiger partial charge < -0.3 is 9.47 Å². The molecule has 0 fully saturated rings. The number of esters is 1. The van der Waals surface area contributed by atoms with E-state index in [9.17, 15) is 4.79 Å². The average molecular weight is 382 g/mol. The topological polar surface area (TPSA) is 74.2 Å². The van der Waals surface area contributed by atoms with Crippen LogP contribution in [0.3, 0.4) is 0 Å². The number of benzene rings is 1. The Balaban J connectivity index is 1.53. The van der Waals surface area contributed by atoms with Gasteiger partial charge in [0.2, 0.25) is 0 Å². The van der Waals surface area contributed by atoms with Crippen LogP contribution in [-0.4, -0.2) is 20.5 Å². The molecule has 9 heteroatoms. The molecule has 0 atom stereocenters. The average Bonchev–Trinajstić information content (AvgIpc) is 3.21. The van der Waals surface area contributed by atoms with Crippen molar-refractivity contribution in [3.63, 3.8) is 0 Å². The number of aryl methyl sites for hydroxylation is 1. The Morgan fingerprint density at radius 1 is 1.25 bits per heavy atom. The van der Waals surface area contributed by atoms with E-state index in [0.29, 0.717) is 21.6 Å². The predicted octanol–water partition coefficient (Wildman–Crippen LogP) is 3.89. The second-order valence-electron chi connectivity index (χ2n) is 4.80. The Morgan fingerprint density at radius 3 is 2.75 bits per heavy atom. The summed E-state index contributed by atoms with van der Waals surface area (Å²) in [6.07, 6.45) is 0. The predicted molar refractivity (Wildman–Crippen MR) is 91.7 cm³/mol. The smallest absolute Gasteiger partial charge is 0.358 e. The number of rotatable bonds is 6. The van der Waals surface area contributed by atoms with Gasteiger partial charge in [-0.1, -0.05) is 33.8 Å². The normalized spacial score (nSPS) is 10.6. The van der Waals surface area contributed by atoms with E-state index in [4.69, 9.17) is 21.1 Å². The molecule has 0 bridgehead atoms. The molecule has 0 radical (unpaired) electrons. The molecule has 0 spiro atoms. The van der Waals surface area contributed by atoms with Crippen molar-refractivity contribution < 1.29 is 14.3 Å². The van der Waals surface area contributed by atoms with Crippen LogP contribution in [0.4, 0.5) is 0 Å². The molecule has 0 aliphatic rings. The fraction of sp³-hybridized carbons (Fsp3) is 0.200. The fourth-order valence-electron chi connectivity index (χ4n) is 1.74. The molecular weight excluding hydrogens is 370 g/mol. The van der Waals surface area contributed by atoms with Crippen LogP contribution in [0.25, 0.3) is 0 Å². The van der Waals surface area contributed by atoms with E-state index in [1.165, 1.54) is 11.3 Å². The zero-order chi connectivity index (χ0) is 16.9. The number of hydrogen-bond donors (Lipinski definition) is 0. The third kappa shape index (κ3) is 4.28. The van der Waals surface area contributed by atoms with Crippen molar-refractivity contribution in [2.45, 2.75) is 20.1 Å². The van der Waals surface area contributed by atoms with Crippen LogP contribution in [0.5, 0.6) is 5.75 Å². The molecule has 0 saturated heterocycles. The fourth-order valence-corrected chi connectivity index (χ4v) is 3.02. The minimum Gasteiger partial charge on any atom is -0.486 e. The summed E-state index contributed by atoms with van der Waals surface area (Å²) in [5, 5.41) is 6.10. The summed E-state index contributed by atoms with van der Waals surface area (Å²) in [4.78, 5) is 16.2. The Kier molecular flexibility index (Phi) is 5.39. The van der Waals surface area contributed by atoms with Gasteiger partial charge in [0, 0.05) is 16.9 Å². The summed E-state index contributed by atoms with van der Waals surface area (Å²) in [5.41, 5.74) is 1.84. The van der Waals surface area contributed by atoms with Gasteiger partial charge in [0.1, 0.15) is 34.0 Å². The lowest BCUT2D eigenvalue weighted by atomic mass is 10.2. The molecule has 3 rings (SSSR count). The highest BCUT2D eigenvalue weighted by molar-refractivity contribution is 7.10. The third-order valence-corrected chi connectivity index (χ3v) is 4.80. The van der Waals surface area contributed by atoms with Gasteiger partial charge in [-0.05, 0) is 19.1 Å². The first kappa shape index (κ1) is 16.8. The summed E-state index contributed by atoms with van der Waals surface area (Å²) in [6, 6.07) is 7.73. The van der Waals surface area contributed by atoms with Crippen LogP contribution in [0.1, 0.15) is 26.8 Å². The number of carbonyl (C=O) groups is 1. The summed E-state index contributed by atoms with van der Waals surface area (Å²) in [7, 11) is 0. The standard InChI is InChI=1S/C15H12ClN3O3S2/c1-9-2-4-10(5-3-9)21-7-13-17-12(8-23-13)15(20)22-6-11-14(16)24-19-18-11/h2-5,8H,6-7H2,1H3. The van der Waals surface area contributed by atoms with E-state index in [-0.39, 0.29) is 12.3 Å². The Bertz CT molecular complexity index is 833. The van der Waals surface area contributed by atoms with Gasteiger partial charge in [0.25, 0.3) is 0 Å². The van der Waals surface area contributed by atoms with E-state index in [1.54, 1.807) is 5.38 Å². The van der Waals surface area contributed by atoms with Crippen molar-refractivity contribution in [2.24, 2.45) is 0 Å². The number of nitrogens with zero attached hydrogens (tertiary/aromatic N) is 3. The molecule has 124 valence electrons. The van der Waals surface area contributed by atoms with Crippen LogP contribution in [0.15, 0.2) is 29.6 Å². The van der Waals surface area contributed by atoms with Crippen molar-refractivity contribution in [3.8, 4) is 5.75 Å². The van der Waals surface area contributed by atoms with Crippen LogP contribution < -0.4 is 4.74 Å². The molecule has 0 N–H and O–H groups in total. The molecule has 2 aromatic heterocycles. The highest BCUT2D eigenvalue weighted by atomic mass is 35.5. The van der Waals surface area contributed by atoms with Crippen LogP contribution in [0.2, 0.25) is 4.34 Å². The summed E-state index contributed by atoms with van der Waals surface area (Å²) < 4.78 is 14.8. The van der Waals surface area contributed by atoms with Crippen LogP contribution in [0, 0.1) is 6.92 Å². The number of hydrogen-bond acceptors (Lipinski definition) is 8. The Labute approximate surface area is 151 Å². The van der Waals surface area contributed by atoms with E-state index in [2.05, 4.69) is 14.6 Å². The molecule has 0 unspecified atom stereocenters. The molecular formula is C15H12ClN3O3S2. The number of aromatic nitrogens is 3. The molecule has 3 aromatic rings. The van der Waals surface area contributed by atoms with E-state index < -0.39 is 5.97 Å². The minimum atomic E-state index is -0.531.